The lowest BCUT2D eigenvalue weighted by Gasteiger charge is -2.37. The third kappa shape index (κ3) is 3.19. The second kappa shape index (κ2) is 5.36. The van der Waals surface area contributed by atoms with E-state index in [9.17, 15) is 4.79 Å². The van der Waals surface area contributed by atoms with Crippen LogP contribution in [0.25, 0.3) is 0 Å². The highest BCUT2D eigenvalue weighted by Crippen LogP contribution is 2.21. The van der Waals surface area contributed by atoms with Crippen LogP contribution in [0.2, 0.25) is 0 Å². The van der Waals surface area contributed by atoms with Gasteiger partial charge in [-0.1, -0.05) is 6.92 Å². The minimum Gasteiger partial charge on any atom is -0.379 e. The Morgan fingerprint density at radius 3 is 2.94 bits per heavy atom. The van der Waals surface area contributed by atoms with Gasteiger partial charge in [0.05, 0.1) is 18.2 Å². The first kappa shape index (κ1) is 12.8. The van der Waals surface area contributed by atoms with Crippen LogP contribution in [0.1, 0.15) is 39.5 Å². The number of nitrogens with one attached hydrogen (secondary N) is 2. The van der Waals surface area contributed by atoms with Crippen molar-refractivity contribution in [3.05, 3.63) is 0 Å². The summed E-state index contributed by atoms with van der Waals surface area (Å²) in [6, 6.07) is -0.0255. The maximum absolute atomic E-state index is 12.3. The van der Waals surface area contributed by atoms with Crippen molar-refractivity contribution in [2.45, 2.75) is 51.1 Å². The fraction of sp³-hybridized carbons (Fsp3) is 0.923. The van der Waals surface area contributed by atoms with E-state index < -0.39 is 0 Å². The minimum atomic E-state index is -0.172. The maximum atomic E-state index is 12.3. The molecule has 0 spiro atoms. The smallest absolute Gasteiger partial charge is 0.237 e. The van der Waals surface area contributed by atoms with Crippen LogP contribution >= 0.6 is 0 Å². The van der Waals surface area contributed by atoms with Gasteiger partial charge in [0.2, 0.25) is 5.91 Å². The van der Waals surface area contributed by atoms with Gasteiger partial charge in [0.25, 0.3) is 0 Å². The summed E-state index contributed by atoms with van der Waals surface area (Å²) < 4.78 is 5.47. The number of rotatable bonds is 2. The highest BCUT2D eigenvalue weighted by Gasteiger charge is 2.34. The van der Waals surface area contributed by atoms with Crippen LogP contribution < -0.4 is 10.6 Å². The Hall–Kier alpha value is -0.610. The van der Waals surface area contributed by atoms with Crippen LogP contribution in [0.4, 0.5) is 0 Å². The number of ether oxygens (including phenoxy) is 1. The van der Waals surface area contributed by atoms with Gasteiger partial charge >= 0.3 is 0 Å². The molecule has 0 radical (unpaired) electrons. The Balaban J connectivity index is 1.90. The van der Waals surface area contributed by atoms with E-state index in [1.54, 1.807) is 0 Å². The van der Waals surface area contributed by atoms with Gasteiger partial charge in [0.15, 0.2) is 0 Å². The lowest BCUT2D eigenvalue weighted by atomic mass is 9.89. The van der Waals surface area contributed by atoms with Crippen molar-refractivity contribution in [1.82, 2.24) is 10.6 Å². The largest absolute Gasteiger partial charge is 0.379 e. The van der Waals surface area contributed by atoms with E-state index >= 15 is 0 Å². The zero-order chi connectivity index (χ0) is 12.3. The van der Waals surface area contributed by atoms with Crippen LogP contribution in [-0.2, 0) is 9.53 Å². The first-order valence-electron chi connectivity index (χ1n) is 6.74. The SMILES string of the molecule is CC1CCCNC1C(=O)NC1(C)CCCOC1. The van der Waals surface area contributed by atoms with Gasteiger partial charge < -0.3 is 15.4 Å². The Morgan fingerprint density at radius 1 is 1.47 bits per heavy atom. The van der Waals surface area contributed by atoms with Crippen LogP contribution in [0.5, 0.6) is 0 Å². The summed E-state index contributed by atoms with van der Waals surface area (Å²) >= 11 is 0. The zero-order valence-corrected chi connectivity index (χ0v) is 10.9. The van der Waals surface area contributed by atoms with E-state index in [2.05, 4.69) is 24.5 Å². The quantitative estimate of drug-likeness (QED) is 0.759. The number of carbonyl (C=O) groups is 1. The van der Waals surface area contributed by atoms with Gasteiger partial charge in [0.1, 0.15) is 0 Å². The van der Waals surface area contributed by atoms with Gasteiger partial charge in [-0.05, 0) is 45.1 Å². The molecule has 1 amide bonds. The normalized spacial score (nSPS) is 38.7. The second-order valence-corrected chi connectivity index (χ2v) is 5.76. The molecule has 0 bridgehead atoms. The summed E-state index contributed by atoms with van der Waals surface area (Å²) in [5.74, 6) is 0.571. The van der Waals surface area contributed by atoms with Gasteiger partial charge in [-0.3, -0.25) is 4.79 Å². The molecule has 0 aliphatic carbocycles. The Kier molecular flexibility index (Phi) is 4.05. The van der Waals surface area contributed by atoms with Crippen LogP contribution in [0.15, 0.2) is 0 Å². The number of hydrogen-bond donors (Lipinski definition) is 2. The lowest BCUT2D eigenvalue weighted by Crippen LogP contribution is -2.59. The third-order valence-corrected chi connectivity index (χ3v) is 3.91. The second-order valence-electron chi connectivity index (χ2n) is 5.76. The molecular weight excluding hydrogens is 216 g/mol. The molecule has 17 heavy (non-hydrogen) atoms. The molecule has 2 aliphatic heterocycles. The molecule has 3 atom stereocenters. The number of amides is 1. The summed E-state index contributed by atoms with van der Waals surface area (Å²) in [5.41, 5.74) is -0.172. The van der Waals surface area contributed by atoms with Crippen molar-refractivity contribution in [2.24, 2.45) is 5.92 Å². The first-order chi connectivity index (χ1) is 8.11. The molecule has 4 nitrogen and oxygen atoms in total. The molecule has 2 saturated heterocycles. The number of carbonyl (C=O) groups excluding carboxylic acids is 1. The monoisotopic (exact) mass is 240 g/mol. The molecule has 0 aromatic carbocycles. The van der Waals surface area contributed by atoms with E-state index in [0.717, 1.165) is 32.4 Å². The minimum absolute atomic E-state index is 0.0255. The first-order valence-corrected chi connectivity index (χ1v) is 6.74. The fourth-order valence-electron chi connectivity index (χ4n) is 2.81. The predicted octanol–water partition coefficient (Wildman–Crippen LogP) is 1.06. The molecule has 2 aliphatic rings. The average molecular weight is 240 g/mol. The molecule has 2 heterocycles. The van der Waals surface area contributed by atoms with Gasteiger partial charge in [-0.25, -0.2) is 0 Å². The molecule has 3 unspecified atom stereocenters. The predicted molar refractivity (Wildman–Crippen MR) is 66.8 cm³/mol. The Bertz CT molecular complexity index is 275. The van der Waals surface area contributed by atoms with E-state index in [-0.39, 0.29) is 17.5 Å². The Labute approximate surface area is 103 Å². The van der Waals surface area contributed by atoms with E-state index in [4.69, 9.17) is 4.74 Å². The third-order valence-electron chi connectivity index (χ3n) is 3.91. The van der Waals surface area contributed by atoms with Crippen LogP contribution in [0, 0.1) is 5.92 Å². The summed E-state index contributed by atoms with van der Waals surface area (Å²) in [6.07, 6.45) is 4.36. The highest BCUT2D eigenvalue weighted by atomic mass is 16.5. The van der Waals surface area contributed by atoms with Gasteiger partial charge in [-0.2, -0.15) is 0 Å². The van der Waals surface area contributed by atoms with E-state index in [1.165, 1.54) is 6.42 Å². The molecule has 4 heteroatoms. The molecule has 2 N–H and O–H groups in total. The topological polar surface area (TPSA) is 50.4 Å². The maximum Gasteiger partial charge on any atom is 0.237 e. The summed E-state index contributed by atoms with van der Waals surface area (Å²) in [5, 5.41) is 6.49. The summed E-state index contributed by atoms with van der Waals surface area (Å²) in [6.45, 7) is 6.65. The molecule has 98 valence electrons. The van der Waals surface area contributed by atoms with Crippen molar-refractivity contribution in [3.8, 4) is 0 Å². The molecular formula is C13H24N2O2. The van der Waals surface area contributed by atoms with Crippen molar-refractivity contribution >= 4 is 5.91 Å². The van der Waals surface area contributed by atoms with Crippen molar-refractivity contribution in [1.29, 1.82) is 0 Å². The molecule has 2 fully saturated rings. The number of hydrogen-bond acceptors (Lipinski definition) is 3. The van der Waals surface area contributed by atoms with Crippen molar-refractivity contribution in [3.63, 3.8) is 0 Å². The average Bonchev–Trinajstić information content (AvgIpc) is 2.29. The molecule has 0 aromatic heterocycles. The zero-order valence-electron chi connectivity index (χ0n) is 10.9. The van der Waals surface area contributed by atoms with E-state index in [0.29, 0.717) is 12.5 Å². The summed E-state index contributed by atoms with van der Waals surface area (Å²) in [7, 11) is 0. The lowest BCUT2D eigenvalue weighted by molar-refractivity contribution is -0.128. The van der Waals surface area contributed by atoms with Gasteiger partial charge in [-0.15, -0.1) is 0 Å². The highest BCUT2D eigenvalue weighted by molar-refractivity contribution is 5.82. The molecule has 0 aromatic rings. The van der Waals surface area contributed by atoms with Crippen molar-refractivity contribution < 1.29 is 9.53 Å². The van der Waals surface area contributed by atoms with Gasteiger partial charge in [0, 0.05) is 6.61 Å². The summed E-state index contributed by atoms with van der Waals surface area (Å²) in [4.78, 5) is 12.3. The molecule has 0 saturated carbocycles. The Morgan fingerprint density at radius 2 is 2.29 bits per heavy atom. The van der Waals surface area contributed by atoms with Crippen LogP contribution in [0.3, 0.4) is 0 Å². The number of piperidine rings is 1. The van der Waals surface area contributed by atoms with Crippen LogP contribution in [-0.4, -0.2) is 37.2 Å². The van der Waals surface area contributed by atoms with E-state index in [1.807, 2.05) is 0 Å². The fourth-order valence-corrected chi connectivity index (χ4v) is 2.81. The standard InChI is InChI=1S/C13H24N2O2/c1-10-5-3-7-14-11(10)12(16)15-13(2)6-4-8-17-9-13/h10-11,14H,3-9H2,1-2H3,(H,15,16). The molecule has 2 rings (SSSR count). The van der Waals surface area contributed by atoms with Crippen molar-refractivity contribution in [2.75, 3.05) is 19.8 Å².